The maximum atomic E-state index is 12.8. The largest absolute Gasteiger partial charge is 0.488 e. The zero-order valence-corrected chi connectivity index (χ0v) is 36.5. The number of morpholine rings is 2. The van der Waals surface area contributed by atoms with Crippen LogP contribution in [0.5, 0.6) is 11.5 Å². The van der Waals surface area contributed by atoms with E-state index < -0.39 is 24.4 Å². The number of sulfone groups is 2. The van der Waals surface area contributed by atoms with Gasteiger partial charge in [-0.25, -0.2) is 26.8 Å². The first-order valence-corrected chi connectivity index (χ1v) is 24.5. The van der Waals surface area contributed by atoms with E-state index in [1.54, 1.807) is 0 Å². The third-order valence-electron chi connectivity index (χ3n) is 9.39. The summed E-state index contributed by atoms with van der Waals surface area (Å²) in [6.45, 7) is 6.94. The number of alkyl halides is 2. The molecule has 0 amide bonds. The van der Waals surface area contributed by atoms with E-state index in [1.807, 2.05) is 0 Å². The molecule has 2 aromatic rings. The van der Waals surface area contributed by atoms with Crippen molar-refractivity contribution in [3.63, 3.8) is 0 Å². The zero-order valence-electron chi connectivity index (χ0n) is 30.2. The average Bonchev–Trinajstić information content (AvgIpc) is 3.43. The van der Waals surface area contributed by atoms with Crippen LogP contribution < -0.4 is 19.3 Å². The first kappa shape index (κ1) is 43.8. The minimum atomic E-state index is -3.48. The van der Waals surface area contributed by atoms with Crippen molar-refractivity contribution in [2.24, 2.45) is 0 Å². The number of hydrogen-bond acceptors (Lipinski definition) is 16. The minimum absolute atomic E-state index is 0.0307. The van der Waals surface area contributed by atoms with Crippen molar-refractivity contribution in [3.05, 3.63) is 22.0 Å². The highest BCUT2D eigenvalue weighted by atomic mass is 79.9. The van der Waals surface area contributed by atoms with Crippen LogP contribution in [0.4, 0.5) is 11.6 Å². The summed E-state index contributed by atoms with van der Waals surface area (Å²) in [4.78, 5) is 21.2. The van der Waals surface area contributed by atoms with Gasteiger partial charge in [0.15, 0.2) is 42.8 Å². The van der Waals surface area contributed by atoms with Crippen molar-refractivity contribution >= 4 is 86.4 Å². The minimum Gasteiger partial charge on any atom is -0.488 e. The molecule has 54 heavy (non-hydrogen) atoms. The highest BCUT2D eigenvalue weighted by molar-refractivity contribution is 9.09. The smallest absolute Gasteiger partial charge is 0.224 e. The molecule has 0 radical (unpaired) electrons. The van der Waals surface area contributed by atoms with E-state index in [2.05, 4.69) is 61.6 Å². The van der Waals surface area contributed by atoms with Crippen molar-refractivity contribution in [2.45, 2.75) is 48.3 Å². The Morgan fingerprint density at radius 1 is 0.741 bits per heavy atom. The molecule has 304 valence electrons. The van der Waals surface area contributed by atoms with E-state index in [0.29, 0.717) is 113 Å². The second kappa shape index (κ2) is 19.9. The first-order chi connectivity index (χ1) is 25.8. The van der Waals surface area contributed by atoms with Crippen molar-refractivity contribution in [3.8, 4) is 11.5 Å². The highest BCUT2D eigenvalue weighted by Gasteiger charge is 2.49. The summed E-state index contributed by atoms with van der Waals surface area (Å²) < 4.78 is 80.9. The normalized spacial score (nSPS) is 22.1. The lowest BCUT2D eigenvalue weighted by Gasteiger charge is -2.38. The van der Waals surface area contributed by atoms with Gasteiger partial charge in [0.1, 0.15) is 16.1 Å². The predicted octanol–water partition coefficient (Wildman–Crippen LogP) is 3.62. The average molecular weight is 970 g/mol. The van der Waals surface area contributed by atoms with Crippen LogP contribution in [-0.2, 0) is 49.1 Å². The van der Waals surface area contributed by atoms with Crippen LogP contribution in [0.3, 0.4) is 0 Å². The van der Waals surface area contributed by atoms with Gasteiger partial charge in [-0.3, -0.25) is 0 Å². The number of nitrogens with zero attached hydrogens (tertiary/aromatic N) is 6. The lowest BCUT2D eigenvalue weighted by atomic mass is 9.94. The fraction of sp³-hybridized carbons (Fsp3) is 0.750. The Morgan fingerprint density at radius 2 is 1.26 bits per heavy atom. The maximum Gasteiger partial charge on any atom is 0.224 e. The highest BCUT2D eigenvalue weighted by Crippen LogP contribution is 2.47. The number of anilines is 2. The summed E-state index contributed by atoms with van der Waals surface area (Å²) >= 11 is 18.7. The lowest BCUT2D eigenvalue weighted by molar-refractivity contribution is 0.0722. The molecule has 3 fully saturated rings. The van der Waals surface area contributed by atoms with Crippen molar-refractivity contribution in [1.82, 2.24) is 19.9 Å². The first-order valence-electron chi connectivity index (χ1n) is 17.5. The van der Waals surface area contributed by atoms with Gasteiger partial charge >= 0.3 is 0 Å². The second-order valence-electron chi connectivity index (χ2n) is 13.1. The molecule has 0 aromatic carbocycles. The predicted molar refractivity (Wildman–Crippen MR) is 212 cm³/mol. The number of ether oxygens (including phenoxy) is 6. The molecule has 7 heterocycles. The summed E-state index contributed by atoms with van der Waals surface area (Å²) in [7, 11) is -6.72. The number of rotatable bonds is 8. The van der Waals surface area contributed by atoms with Gasteiger partial charge in [0, 0.05) is 62.3 Å². The molecular formula is C32H46Br2Cl2N6O10S2. The monoisotopic (exact) mass is 966 g/mol. The molecule has 16 nitrogen and oxygen atoms in total. The van der Waals surface area contributed by atoms with Crippen LogP contribution in [0.25, 0.3) is 0 Å². The van der Waals surface area contributed by atoms with Crippen LogP contribution in [0.1, 0.15) is 37.1 Å². The van der Waals surface area contributed by atoms with E-state index in [0.717, 1.165) is 43.0 Å². The van der Waals surface area contributed by atoms with Crippen LogP contribution in [-0.4, -0.2) is 151 Å². The van der Waals surface area contributed by atoms with Gasteiger partial charge in [-0.1, -0.05) is 31.9 Å². The Hall–Kier alpha value is -1.36. The van der Waals surface area contributed by atoms with Gasteiger partial charge in [0.2, 0.25) is 10.6 Å². The Bertz CT molecular complexity index is 1790. The summed E-state index contributed by atoms with van der Waals surface area (Å²) in [6, 6.07) is 0.296. The number of halogens is 4. The Morgan fingerprint density at radius 3 is 1.78 bits per heavy atom. The van der Waals surface area contributed by atoms with E-state index in [9.17, 15) is 16.8 Å². The number of aromatic nitrogens is 4. The summed E-state index contributed by atoms with van der Waals surface area (Å²) in [5.41, 5.74) is 0.685. The number of hydrogen-bond donors (Lipinski definition) is 0. The standard InChI is InChI=1S/C16H22ClN3O5S.C12H16ClN3O4S.C4H8Br2O/c1-26(21,22)16(3-7-23-8-4-16)13-12-14(19-15(17)18-13)20-5-9-24-10-11(20)2-6-25-12;1-21(17,18)7-9-10-11(15-12(13)14-9)16-3-5-19-6-8(16)2-4-20-10;5-1-3-7-4-2-6/h11H,2-10H2,1H3;8H,2-7H2,1H3;1-4H2. The molecule has 22 heteroatoms. The zero-order chi connectivity index (χ0) is 38.9. The van der Waals surface area contributed by atoms with Gasteiger partial charge in [-0.2, -0.15) is 9.97 Å². The van der Waals surface area contributed by atoms with Crippen molar-refractivity contribution < 1.29 is 45.3 Å². The molecule has 0 N–H and O–H groups in total. The van der Waals surface area contributed by atoms with E-state index in [-0.39, 0.29) is 28.4 Å². The molecule has 2 unspecified atom stereocenters. The van der Waals surface area contributed by atoms with E-state index >= 15 is 0 Å². The summed E-state index contributed by atoms with van der Waals surface area (Å²) in [6.07, 6.45) is 4.59. The number of fused-ring (bicyclic) bond motifs is 6. The van der Waals surface area contributed by atoms with Gasteiger partial charge in [-0.15, -0.1) is 0 Å². The Balaban J connectivity index is 0.000000180. The third kappa shape index (κ3) is 11.0. The molecule has 2 aromatic heterocycles. The molecule has 5 aliphatic rings. The van der Waals surface area contributed by atoms with Crippen LogP contribution in [0.2, 0.25) is 10.6 Å². The van der Waals surface area contributed by atoms with E-state index in [1.165, 1.54) is 6.26 Å². The van der Waals surface area contributed by atoms with Crippen molar-refractivity contribution in [1.29, 1.82) is 0 Å². The second-order valence-corrected chi connectivity index (χ2v) is 19.9. The fourth-order valence-electron chi connectivity index (χ4n) is 6.83. The SMILES string of the molecule is BrCCOCCBr.CS(=O)(=O)C1(c2nc(Cl)nc3c2OCCC2COCCN32)CCOCC1.CS(=O)(=O)Cc1nc(Cl)nc2c1OCCC1COCCN21. The third-order valence-corrected chi connectivity index (χ3v) is 13.2. The van der Waals surface area contributed by atoms with Crippen LogP contribution in [0.15, 0.2) is 0 Å². The molecule has 0 spiro atoms. The molecule has 0 aliphatic carbocycles. The summed E-state index contributed by atoms with van der Waals surface area (Å²) in [5.74, 6) is 1.78. The molecule has 2 atom stereocenters. The van der Waals surface area contributed by atoms with Gasteiger partial charge in [0.25, 0.3) is 0 Å². The molecule has 0 saturated carbocycles. The molecule has 7 rings (SSSR count). The molecule has 5 aliphatic heterocycles. The van der Waals surface area contributed by atoms with Crippen LogP contribution >= 0.6 is 55.1 Å². The van der Waals surface area contributed by atoms with Crippen molar-refractivity contribution in [2.75, 3.05) is 112 Å². The molecular weight excluding hydrogens is 923 g/mol. The topological polar surface area (TPSA) is 182 Å². The lowest BCUT2D eigenvalue weighted by Crippen LogP contribution is -2.46. The Labute approximate surface area is 343 Å². The summed E-state index contributed by atoms with van der Waals surface area (Å²) in [5, 5.41) is 1.92. The quantitative estimate of drug-likeness (QED) is 0.212. The fourth-order valence-corrected chi connectivity index (χ4v) is 9.72. The molecule has 0 bridgehead atoms. The van der Waals surface area contributed by atoms with Gasteiger partial charge in [-0.05, 0) is 36.0 Å². The van der Waals surface area contributed by atoms with Crippen LogP contribution in [0, 0.1) is 0 Å². The maximum absolute atomic E-state index is 12.8. The Kier molecular flexibility index (Phi) is 16.1. The van der Waals surface area contributed by atoms with E-state index in [4.69, 9.17) is 51.6 Å². The van der Waals surface area contributed by atoms with Gasteiger partial charge in [0.05, 0.1) is 70.7 Å². The van der Waals surface area contributed by atoms with Gasteiger partial charge < -0.3 is 38.2 Å². The molecule has 3 saturated heterocycles.